The Hall–Kier alpha value is -1.79. The Morgan fingerprint density at radius 2 is 2.07 bits per heavy atom. The molecule has 4 heteroatoms. The van der Waals surface area contributed by atoms with Gasteiger partial charge in [-0.05, 0) is 31.2 Å². The van der Waals surface area contributed by atoms with E-state index in [4.69, 9.17) is 16.9 Å². The number of hydrogen-bond acceptors (Lipinski definition) is 2. The van der Waals surface area contributed by atoms with Crippen molar-refractivity contribution in [2.24, 2.45) is 0 Å². The van der Waals surface area contributed by atoms with E-state index >= 15 is 0 Å². The predicted octanol–water partition coefficient (Wildman–Crippen LogP) is 2.50. The van der Waals surface area contributed by atoms with Gasteiger partial charge in [0.25, 0.3) is 5.91 Å². The van der Waals surface area contributed by atoms with Crippen LogP contribution in [0.5, 0.6) is 0 Å². The molecule has 0 saturated carbocycles. The van der Waals surface area contributed by atoms with E-state index in [1.54, 1.807) is 31.2 Å². The second-order valence-electron chi connectivity index (χ2n) is 2.92. The van der Waals surface area contributed by atoms with Crippen LogP contribution in [0, 0.1) is 11.3 Å². The van der Waals surface area contributed by atoms with E-state index in [-0.39, 0.29) is 5.91 Å². The van der Waals surface area contributed by atoms with Crippen LogP contribution in [0.3, 0.4) is 0 Å². The summed E-state index contributed by atoms with van der Waals surface area (Å²) in [6.07, 6.45) is 1.27. The summed E-state index contributed by atoms with van der Waals surface area (Å²) in [5.41, 5.74) is 1.02. The molecule has 0 heterocycles. The standard InChI is InChI=1S/C11H9ClN2O/c1-8(6-7-13)14-11(15)9-2-4-10(12)5-3-9/h2-6H,1H3,(H,14,15)/b8-6-. The molecule has 3 nitrogen and oxygen atoms in total. The molecule has 0 aromatic heterocycles. The Bertz CT molecular complexity index is 429. The number of benzene rings is 1. The number of nitriles is 1. The number of nitrogens with one attached hydrogen (secondary N) is 1. The Kier molecular flexibility index (Phi) is 3.90. The lowest BCUT2D eigenvalue weighted by atomic mass is 10.2. The normalized spacial score (nSPS) is 10.6. The van der Waals surface area contributed by atoms with E-state index < -0.39 is 0 Å². The average molecular weight is 221 g/mol. The Morgan fingerprint density at radius 1 is 1.47 bits per heavy atom. The van der Waals surface area contributed by atoms with Crippen molar-refractivity contribution in [1.29, 1.82) is 5.26 Å². The number of rotatable bonds is 2. The first-order valence-electron chi connectivity index (χ1n) is 4.27. The third kappa shape index (κ3) is 3.45. The van der Waals surface area contributed by atoms with Crippen molar-refractivity contribution >= 4 is 17.5 Å². The SMILES string of the molecule is C/C(=C/C#N)NC(=O)c1ccc(Cl)cc1. The fraction of sp³-hybridized carbons (Fsp3) is 0.0909. The van der Waals surface area contributed by atoms with Crippen molar-refractivity contribution in [3.8, 4) is 6.07 Å². The zero-order valence-electron chi connectivity index (χ0n) is 8.12. The summed E-state index contributed by atoms with van der Waals surface area (Å²) >= 11 is 5.69. The molecule has 15 heavy (non-hydrogen) atoms. The minimum Gasteiger partial charge on any atom is -0.325 e. The van der Waals surface area contributed by atoms with E-state index in [0.29, 0.717) is 16.3 Å². The van der Waals surface area contributed by atoms with Crippen molar-refractivity contribution in [2.75, 3.05) is 0 Å². The summed E-state index contributed by atoms with van der Waals surface area (Å²) in [6.45, 7) is 1.65. The van der Waals surface area contributed by atoms with Crippen LogP contribution in [-0.4, -0.2) is 5.91 Å². The van der Waals surface area contributed by atoms with Crippen LogP contribution in [0.25, 0.3) is 0 Å². The van der Waals surface area contributed by atoms with Crippen LogP contribution in [-0.2, 0) is 0 Å². The third-order valence-electron chi connectivity index (χ3n) is 1.70. The highest BCUT2D eigenvalue weighted by atomic mass is 35.5. The number of halogens is 1. The molecule has 0 aliphatic heterocycles. The van der Waals surface area contributed by atoms with E-state index in [1.165, 1.54) is 6.08 Å². The number of hydrogen-bond donors (Lipinski definition) is 1. The van der Waals surface area contributed by atoms with Crippen LogP contribution in [0.4, 0.5) is 0 Å². The second-order valence-corrected chi connectivity index (χ2v) is 3.35. The number of allylic oxidation sites excluding steroid dienone is 2. The first-order valence-corrected chi connectivity index (χ1v) is 4.64. The molecule has 0 spiro atoms. The molecule has 1 rings (SSSR count). The van der Waals surface area contributed by atoms with Gasteiger partial charge in [0.15, 0.2) is 0 Å². The van der Waals surface area contributed by atoms with Crippen molar-refractivity contribution in [1.82, 2.24) is 5.32 Å². The van der Waals surface area contributed by atoms with Crippen LogP contribution >= 0.6 is 11.6 Å². The van der Waals surface area contributed by atoms with Crippen molar-refractivity contribution in [3.05, 3.63) is 46.6 Å². The van der Waals surface area contributed by atoms with Crippen LogP contribution in [0.15, 0.2) is 36.0 Å². The lowest BCUT2D eigenvalue weighted by molar-refractivity contribution is 0.0966. The molecule has 1 aromatic carbocycles. The Balaban J connectivity index is 2.75. The van der Waals surface area contributed by atoms with Gasteiger partial charge < -0.3 is 5.32 Å². The molecule has 1 N–H and O–H groups in total. The van der Waals surface area contributed by atoms with Crippen LogP contribution in [0.1, 0.15) is 17.3 Å². The Morgan fingerprint density at radius 3 is 2.60 bits per heavy atom. The minimum atomic E-state index is -0.254. The smallest absolute Gasteiger partial charge is 0.255 e. The lowest BCUT2D eigenvalue weighted by Gasteiger charge is -2.03. The molecule has 0 radical (unpaired) electrons. The van der Waals surface area contributed by atoms with Gasteiger partial charge in [0.2, 0.25) is 0 Å². The monoisotopic (exact) mass is 220 g/mol. The maximum absolute atomic E-state index is 11.5. The molecular formula is C11H9ClN2O. The second kappa shape index (κ2) is 5.18. The molecule has 0 saturated heterocycles. The number of carbonyl (C=O) groups excluding carboxylic acids is 1. The van der Waals surface area contributed by atoms with Gasteiger partial charge in [0, 0.05) is 22.4 Å². The number of amides is 1. The largest absolute Gasteiger partial charge is 0.325 e. The number of carbonyl (C=O) groups is 1. The fourth-order valence-corrected chi connectivity index (χ4v) is 1.11. The van der Waals surface area contributed by atoms with Gasteiger partial charge >= 0.3 is 0 Å². The molecule has 0 fully saturated rings. The molecule has 76 valence electrons. The third-order valence-corrected chi connectivity index (χ3v) is 1.95. The quantitative estimate of drug-likeness (QED) is 0.779. The van der Waals surface area contributed by atoms with Gasteiger partial charge in [0.05, 0.1) is 6.07 Å². The summed E-state index contributed by atoms with van der Waals surface area (Å²) in [4.78, 5) is 11.5. The summed E-state index contributed by atoms with van der Waals surface area (Å²) in [5, 5.41) is 11.5. The van der Waals surface area contributed by atoms with Gasteiger partial charge in [-0.2, -0.15) is 5.26 Å². The van der Waals surface area contributed by atoms with Gasteiger partial charge in [0.1, 0.15) is 0 Å². The minimum absolute atomic E-state index is 0.254. The molecular weight excluding hydrogens is 212 g/mol. The molecule has 0 aliphatic rings. The molecule has 1 aromatic rings. The van der Waals surface area contributed by atoms with E-state index in [0.717, 1.165) is 0 Å². The zero-order chi connectivity index (χ0) is 11.3. The summed E-state index contributed by atoms with van der Waals surface area (Å²) in [6, 6.07) is 8.36. The van der Waals surface area contributed by atoms with Crippen molar-refractivity contribution in [3.63, 3.8) is 0 Å². The summed E-state index contributed by atoms with van der Waals surface area (Å²) in [5.74, 6) is -0.254. The topological polar surface area (TPSA) is 52.9 Å². The first-order chi connectivity index (χ1) is 7.13. The highest BCUT2D eigenvalue weighted by molar-refractivity contribution is 6.30. The van der Waals surface area contributed by atoms with E-state index in [9.17, 15) is 4.79 Å². The molecule has 0 atom stereocenters. The van der Waals surface area contributed by atoms with Gasteiger partial charge in [-0.15, -0.1) is 0 Å². The van der Waals surface area contributed by atoms with Crippen LogP contribution < -0.4 is 5.32 Å². The van der Waals surface area contributed by atoms with Crippen LogP contribution in [0.2, 0.25) is 5.02 Å². The van der Waals surface area contributed by atoms with Gasteiger partial charge in [-0.1, -0.05) is 11.6 Å². The average Bonchev–Trinajstić information content (AvgIpc) is 2.18. The molecule has 0 aliphatic carbocycles. The van der Waals surface area contributed by atoms with Crippen molar-refractivity contribution < 1.29 is 4.79 Å². The molecule has 0 unspecified atom stereocenters. The fourth-order valence-electron chi connectivity index (χ4n) is 0.985. The van der Waals surface area contributed by atoms with Gasteiger partial charge in [-0.25, -0.2) is 0 Å². The molecule has 1 amide bonds. The van der Waals surface area contributed by atoms with E-state index in [2.05, 4.69) is 5.32 Å². The van der Waals surface area contributed by atoms with E-state index in [1.807, 2.05) is 6.07 Å². The summed E-state index contributed by atoms with van der Waals surface area (Å²) < 4.78 is 0. The lowest BCUT2D eigenvalue weighted by Crippen LogP contribution is -2.21. The maximum Gasteiger partial charge on any atom is 0.255 e. The first kappa shape index (κ1) is 11.3. The van der Waals surface area contributed by atoms with Crippen molar-refractivity contribution in [2.45, 2.75) is 6.92 Å². The predicted molar refractivity (Wildman–Crippen MR) is 58.3 cm³/mol. The highest BCUT2D eigenvalue weighted by Crippen LogP contribution is 2.09. The highest BCUT2D eigenvalue weighted by Gasteiger charge is 2.04. The molecule has 0 bridgehead atoms. The summed E-state index contributed by atoms with van der Waals surface area (Å²) in [7, 11) is 0. The Labute approximate surface area is 93.0 Å². The number of nitrogens with zero attached hydrogens (tertiary/aromatic N) is 1. The zero-order valence-corrected chi connectivity index (χ0v) is 8.88. The maximum atomic E-state index is 11.5. The van der Waals surface area contributed by atoms with Gasteiger partial charge in [-0.3, -0.25) is 4.79 Å².